The number of carbonyl (C=O) groups excluding carboxylic acids is 1. The van der Waals surface area contributed by atoms with E-state index in [0.29, 0.717) is 22.9 Å². The molecule has 0 aliphatic carbocycles. The lowest BCUT2D eigenvalue weighted by molar-refractivity contribution is -0.137. The molecule has 0 unspecified atom stereocenters. The molecule has 5 rings (SSSR count). The first-order valence-electron chi connectivity index (χ1n) is 12.4. The summed E-state index contributed by atoms with van der Waals surface area (Å²) in [7, 11) is 0. The van der Waals surface area contributed by atoms with E-state index in [4.69, 9.17) is 12.2 Å². The van der Waals surface area contributed by atoms with E-state index in [2.05, 4.69) is 15.6 Å². The Labute approximate surface area is 229 Å². The predicted molar refractivity (Wildman–Crippen MR) is 149 cm³/mol. The minimum absolute atomic E-state index is 0.0868. The Morgan fingerprint density at radius 2 is 1.87 bits per heavy atom. The zero-order chi connectivity index (χ0) is 27.7. The fourth-order valence-corrected chi connectivity index (χ4v) is 5.16. The third-order valence-electron chi connectivity index (χ3n) is 6.72. The maximum Gasteiger partial charge on any atom is 0.416 e. The number of anilines is 2. The van der Waals surface area contributed by atoms with Crippen molar-refractivity contribution in [3.63, 3.8) is 0 Å². The van der Waals surface area contributed by atoms with Gasteiger partial charge in [-0.2, -0.15) is 13.2 Å². The van der Waals surface area contributed by atoms with E-state index in [9.17, 15) is 18.0 Å². The van der Waals surface area contributed by atoms with Crippen molar-refractivity contribution in [2.24, 2.45) is 0 Å². The van der Waals surface area contributed by atoms with Gasteiger partial charge in [0.25, 0.3) is 0 Å². The van der Waals surface area contributed by atoms with Crippen molar-refractivity contribution in [3.05, 3.63) is 108 Å². The monoisotopic (exact) mass is 549 g/mol. The molecule has 0 spiro atoms. The Balaban J connectivity index is 1.62. The van der Waals surface area contributed by atoms with Crippen LogP contribution >= 0.6 is 12.2 Å². The molecule has 0 bridgehead atoms. The molecular weight excluding hydrogens is 523 g/mol. The molecular formula is C29H26F3N5OS. The fourth-order valence-electron chi connectivity index (χ4n) is 4.81. The van der Waals surface area contributed by atoms with Crippen molar-refractivity contribution in [1.82, 2.24) is 14.9 Å². The predicted octanol–water partition coefficient (Wildman–Crippen LogP) is 6.73. The van der Waals surface area contributed by atoms with E-state index in [1.54, 1.807) is 36.0 Å². The molecule has 0 saturated carbocycles. The lowest BCUT2D eigenvalue weighted by Crippen LogP contribution is -2.30. The van der Waals surface area contributed by atoms with E-state index in [1.807, 2.05) is 54.3 Å². The molecule has 10 heteroatoms. The molecule has 200 valence electrons. The van der Waals surface area contributed by atoms with Crippen molar-refractivity contribution in [1.29, 1.82) is 0 Å². The molecule has 1 aliphatic heterocycles. The van der Waals surface area contributed by atoms with Crippen molar-refractivity contribution in [2.45, 2.75) is 38.5 Å². The third-order valence-corrected chi connectivity index (χ3v) is 7.03. The Morgan fingerprint density at radius 1 is 1.05 bits per heavy atom. The molecule has 1 saturated heterocycles. The van der Waals surface area contributed by atoms with Crippen LogP contribution in [-0.4, -0.2) is 20.6 Å². The first kappa shape index (κ1) is 26.4. The normalized spacial score (nSPS) is 17.3. The summed E-state index contributed by atoms with van der Waals surface area (Å²) in [5.74, 6) is -0.0868. The van der Waals surface area contributed by atoms with Crippen LogP contribution in [0.15, 0.2) is 85.2 Å². The summed E-state index contributed by atoms with van der Waals surface area (Å²) in [6.45, 7) is 3.69. The summed E-state index contributed by atoms with van der Waals surface area (Å²) in [6.07, 6.45) is -0.661. The largest absolute Gasteiger partial charge is 0.416 e. The van der Waals surface area contributed by atoms with Gasteiger partial charge in [0.05, 0.1) is 17.3 Å². The number of nitrogens with one attached hydrogen (secondary N) is 2. The molecule has 2 aromatic carbocycles. The van der Waals surface area contributed by atoms with Crippen LogP contribution in [0.2, 0.25) is 0 Å². The Kier molecular flexibility index (Phi) is 7.14. The maximum absolute atomic E-state index is 13.5. The Morgan fingerprint density at radius 3 is 2.56 bits per heavy atom. The average molecular weight is 550 g/mol. The van der Waals surface area contributed by atoms with Crippen molar-refractivity contribution in [3.8, 4) is 5.69 Å². The quantitative estimate of drug-likeness (QED) is 0.261. The molecule has 0 radical (unpaired) electrons. The highest BCUT2D eigenvalue weighted by Crippen LogP contribution is 2.43. The van der Waals surface area contributed by atoms with E-state index in [-0.39, 0.29) is 11.9 Å². The molecule has 1 amide bonds. The second-order valence-electron chi connectivity index (χ2n) is 9.25. The lowest BCUT2D eigenvalue weighted by Gasteiger charge is -2.29. The van der Waals surface area contributed by atoms with Gasteiger partial charge in [-0.15, -0.1) is 0 Å². The summed E-state index contributed by atoms with van der Waals surface area (Å²) in [5, 5.41) is 6.73. The number of aromatic nitrogens is 2. The fraction of sp³-hybridized carbons (Fsp3) is 0.207. The van der Waals surface area contributed by atoms with Crippen LogP contribution in [0.5, 0.6) is 0 Å². The van der Waals surface area contributed by atoms with Crippen LogP contribution in [0.25, 0.3) is 5.69 Å². The minimum Gasteiger partial charge on any atom is -0.351 e. The molecule has 2 aromatic heterocycles. The number of benzene rings is 2. The maximum atomic E-state index is 13.5. The van der Waals surface area contributed by atoms with Gasteiger partial charge in [0.15, 0.2) is 5.11 Å². The third kappa shape index (κ3) is 5.24. The first-order chi connectivity index (χ1) is 18.7. The number of hydrogen-bond donors (Lipinski definition) is 2. The highest BCUT2D eigenvalue weighted by Gasteiger charge is 2.42. The molecule has 1 aliphatic rings. The van der Waals surface area contributed by atoms with Crippen LogP contribution in [0.4, 0.5) is 24.5 Å². The van der Waals surface area contributed by atoms with E-state index < -0.39 is 17.8 Å². The summed E-state index contributed by atoms with van der Waals surface area (Å²) in [4.78, 5) is 18.5. The minimum atomic E-state index is -4.46. The zero-order valence-electron chi connectivity index (χ0n) is 21.2. The molecule has 39 heavy (non-hydrogen) atoms. The highest BCUT2D eigenvalue weighted by molar-refractivity contribution is 7.80. The molecule has 1 fully saturated rings. The van der Waals surface area contributed by atoms with Gasteiger partial charge in [0.2, 0.25) is 5.91 Å². The number of thiocarbonyl (C=S) groups is 1. The number of hydrogen-bond acceptors (Lipinski definition) is 3. The van der Waals surface area contributed by atoms with Crippen LogP contribution in [0, 0.1) is 6.92 Å². The summed E-state index contributed by atoms with van der Waals surface area (Å²) in [6, 6.07) is 19.4. The average Bonchev–Trinajstić information content (AvgIpc) is 3.54. The van der Waals surface area contributed by atoms with Crippen LogP contribution in [-0.2, 0) is 11.0 Å². The summed E-state index contributed by atoms with van der Waals surface area (Å²) < 4.78 is 42.3. The molecule has 6 nitrogen and oxygen atoms in total. The van der Waals surface area contributed by atoms with Gasteiger partial charge in [-0.1, -0.05) is 19.1 Å². The Hall–Kier alpha value is -4.18. The summed E-state index contributed by atoms with van der Waals surface area (Å²) in [5.41, 5.74) is 3.47. The number of carbonyl (C=O) groups is 1. The number of alkyl halides is 3. The number of halogens is 3. The van der Waals surface area contributed by atoms with Gasteiger partial charge in [0, 0.05) is 41.6 Å². The van der Waals surface area contributed by atoms with Crippen LogP contribution < -0.4 is 15.5 Å². The standard InChI is InChI=1S/C29H26F3N5OS/c1-3-25(38)34-22-13-12-21(16-18(22)2)37-27(26(35-28(37)39)23-10-4-5-14-33-23)24-11-7-15-36(24)20-9-6-8-19(17-20)29(30,31)32/h4-17,26-27H,3H2,1-2H3,(H,34,38)(H,35,39)/t26-,27+/m1/s1. The van der Waals surface area contributed by atoms with Gasteiger partial charge < -0.3 is 20.1 Å². The topological polar surface area (TPSA) is 62.2 Å². The number of amides is 1. The number of aryl methyl sites for hydroxylation is 1. The number of pyridine rings is 1. The number of rotatable bonds is 6. The summed E-state index contributed by atoms with van der Waals surface area (Å²) >= 11 is 5.80. The van der Waals surface area contributed by atoms with E-state index >= 15 is 0 Å². The first-order valence-corrected chi connectivity index (χ1v) is 12.8. The smallest absolute Gasteiger partial charge is 0.351 e. The van der Waals surface area contributed by atoms with Crippen molar-refractivity contribution < 1.29 is 18.0 Å². The van der Waals surface area contributed by atoms with Gasteiger partial charge in [-0.05, 0) is 85.4 Å². The molecule has 2 N–H and O–H groups in total. The highest BCUT2D eigenvalue weighted by atomic mass is 32.1. The van der Waals surface area contributed by atoms with Crippen molar-refractivity contribution >= 4 is 34.6 Å². The molecule has 3 heterocycles. The second-order valence-corrected chi connectivity index (χ2v) is 9.64. The van der Waals surface area contributed by atoms with Gasteiger partial charge in [-0.3, -0.25) is 9.78 Å². The van der Waals surface area contributed by atoms with Gasteiger partial charge >= 0.3 is 6.18 Å². The van der Waals surface area contributed by atoms with Gasteiger partial charge in [-0.25, -0.2) is 0 Å². The van der Waals surface area contributed by atoms with E-state index in [0.717, 1.165) is 34.8 Å². The SMILES string of the molecule is CCC(=O)Nc1ccc(N2C(=S)N[C@H](c3ccccn3)[C@@H]2c2cccn2-c2cccc(C(F)(F)F)c2)cc1C. The van der Waals surface area contributed by atoms with E-state index in [1.165, 1.54) is 6.07 Å². The number of nitrogens with zero attached hydrogens (tertiary/aromatic N) is 3. The van der Waals surface area contributed by atoms with Crippen LogP contribution in [0.1, 0.15) is 47.9 Å². The lowest BCUT2D eigenvalue weighted by atomic mass is 10.00. The van der Waals surface area contributed by atoms with Crippen LogP contribution in [0.3, 0.4) is 0 Å². The Bertz CT molecular complexity index is 1520. The molecule has 4 aromatic rings. The second kappa shape index (κ2) is 10.5. The zero-order valence-corrected chi connectivity index (χ0v) is 22.1. The van der Waals surface area contributed by atoms with Crippen molar-refractivity contribution in [2.75, 3.05) is 10.2 Å². The molecule has 2 atom stereocenters. The van der Waals surface area contributed by atoms with Gasteiger partial charge in [0.1, 0.15) is 6.04 Å².